The topological polar surface area (TPSA) is 88.7 Å². The number of hydrogen-bond acceptors (Lipinski definition) is 5. The fourth-order valence-electron chi connectivity index (χ4n) is 3.86. The summed E-state index contributed by atoms with van der Waals surface area (Å²) in [5, 5.41) is 8.95. The predicted molar refractivity (Wildman–Crippen MR) is 137 cm³/mol. The zero-order valence-electron chi connectivity index (χ0n) is 19.8. The molecule has 1 aliphatic heterocycles. The van der Waals surface area contributed by atoms with Crippen LogP contribution in [0.4, 0.5) is 11.4 Å². The standard InChI is InChI=1S/C28H31N3O4/c1-20(21-7-3-2-4-8-21)30-28(33)22-12-14-23(15-13-22)29-18-27(32)31-24-9-5-10-25(17-24)35-19-26-11-6-16-34-26/h2-5,7-10,12-15,17,20,26,29H,6,11,16,18-19H2,1H3,(H,30,33)(H,31,32). The summed E-state index contributed by atoms with van der Waals surface area (Å²) in [4.78, 5) is 24.9. The van der Waals surface area contributed by atoms with Crippen molar-refractivity contribution in [1.82, 2.24) is 5.32 Å². The van der Waals surface area contributed by atoms with E-state index in [0.717, 1.165) is 30.7 Å². The van der Waals surface area contributed by atoms with Crippen LogP contribution in [0.1, 0.15) is 41.7 Å². The maximum absolute atomic E-state index is 12.5. The van der Waals surface area contributed by atoms with E-state index >= 15 is 0 Å². The van der Waals surface area contributed by atoms with E-state index in [1.807, 2.05) is 55.5 Å². The van der Waals surface area contributed by atoms with Crippen molar-refractivity contribution < 1.29 is 19.1 Å². The highest BCUT2D eigenvalue weighted by molar-refractivity contribution is 5.95. The summed E-state index contributed by atoms with van der Waals surface area (Å²) < 4.78 is 11.4. The van der Waals surface area contributed by atoms with E-state index in [4.69, 9.17) is 9.47 Å². The Morgan fingerprint density at radius 1 is 1.00 bits per heavy atom. The minimum absolute atomic E-state index is 0.0925. The van der Waals surface area contributed by atoms with Crippen molar-refractivity contribution in [1.29, 1.82) is 0 Å². The highest BCUT2D eigenvalue weighted by Crippen LogP contribution is 2.20. The quantitative estimate of drug-likeness (QED) is 0.394. The summed E-state index contributed by atoms with van der Waals surface area (Å²) >= 11 is 0. The summed E-state index contributed by atoms with van der Waals surface area (Å²) in [5.41, 5.74) is 3.02. The summed E-state index contributed by atoms with van der Waals surface area (Å²) in [7, 11) is 0. The second-order valence-corrected chi connectivity index (χ2v) is 8.56. The van der Waals surface area contributed by atoms with E-state index in [1.54, 1.807) is 30.3 Å². The third-order valence-electron chi connectivity index (χ3n) is 5.83. The number of benzene rings is 3. The summed E-state index contributed by atoms with van der Waals surface area (Å²) in [5.74, 6) is 0.369. The van der Waals surface area contributed by atoms with Crippen molar-refractivity contribution in [3.05, 3.63) is 90.0 Å². The monoisotopic (exact) mass is 473 g/mol. The minimum Gasteiger partial charge on any atom is -0.491 e. The lowest BCUT2D eigenvalue weighted by Crippen LogP contribution is -2.26. The van der Waals surface area contributed by atoms with Gasteiger partial charge in [0.15, 0.2) is 0 Å². The predicted octanol–water partition coefficient (Wildman–Crippen LogP) is 4.79. The van der Waals surface area contributed by atoms with Crippen LogP contribution in [0.3, 0.4) is 0 Å². The summed E-state index contributed by atoms with van der Waals surface area (Å²) in [6.45, 7) is 3.35. The molecule has 1 heterocycles. The van der Waals surface area contributed by atoms with Crippen molar-refractivity contribution in [2.75, 3.05) is 30.4 Å². The second kappa shape index (κ2) is 12.0. The molecular weight excluding hydrogens is 442 g/mol. The average Bonchev–Trinajstić information content (AvgIpc) is 3.41. The van der Waals surface area contributed by atoms with Gasteiger partial charge in [0.05, 0.1) is 18.7 Å². The van der Waals surface area contributed by atoms with E-state index in [1.165, 1.54) is 0 Å². The maximum atomic E-state index is 12.5. The first-order chi connectivity index (χ1) is 17.1. The van der Waals surface area contributed by atoms with E-state index in [-0.39, 0.29) is 30.5 Å². The number of amides is 2. The molecule has 2 amide bonds. The molecule has 0 radical (unpaired) electrons. The Labute approximate surface area is 205 Å². The molecule has 182 valence electrons. The van der Waals surface area contributed by atoms with Crippen molar-refractivity contribution >= 4 is 23.2 Å². The molecule has 0 aromatic heterocycles. The van der Waals surface area contributed by atoms with Gasteiger partial charge in [-0.15, -0.1) is 0 Å². The van der Waals surface area contributed by atoms with Crippen LogP contribution in [-0.2, 0) is 9.53 Å². The molecule has 0 spiro atoms. The number of hydrogen-bond donors (Lipinski definition) is 3. The van der Waals surface area contributed by atoms with Crippen molar-refractivity contribution in [3.63, 3.8) is 0 Å². The van der Waals surface area contributed by atoms with Gasteiger partial charge in [0, 0.05) is 29.6 Å². The van der Waals surface area contributed by atoms with Crippen LogP contribution >= 0.6 is 0 Å². The Morgan fingerprint density at radius 3 is 2.54 bits per heavy atom. The highest BCUT2D eigenvalue weighted by Gasteiger charge is 2.16. The van der Waals surface area contributed by atoms with Crippen molar-refractivity contribution in [3.8, 4) is 5.75 Å². The molecule has 7 heteroatoms. The molecule has 2 unspecified atom stereocenters. The van der Waals surface area contributed by atoms with Gasteiger partial charge in [0.2, 0.25) is 5.91 Å². The van der Waals surface area contributed by atoms with Crippen LogP contribution in [0.5, 0.6) is 5.75 Å². The third-order valence-corrected chi connectivity index (χ3v) is 5.83. The maximum Gasteiger partial charge on any atom is 0.251 e. The van der Waals surface area contributed by atoms with Crippen LogP contribution in [-0.4, -0.2) is 37.7 Å². The van der Waals surface area contributed by atoms with Gasteiger partial charge in [-0.05, 0) is 61.7 Å². The smallest absolute Gasteiger partial charge is 0.251 e. The second-order valence-electron chi connectivity index (χ2n) is 8.56. The van der Waals surface area contributed by atoms with E-state index in [9.17, 15) is 9.59 Å². The first-order valence-electron chi connectivity index (χ1n) is 11.9. The Bertz CT molecular complexity index is 1110. The number of carbonyl (C=O) groups is 2. The molecular formula is C28H31N3O4. The van der Waals surface area contributed by atoms with E-state index < -0.39 is 0 Å². The molecule has 4 rings (SSSR count). The Kier molecular flexibility index (Phi) is 8.35. The largest absolute Gasteiger partial charge is 0.491 e. The van der Waals surface area contributed by atoms with E-state index in [2.05, 4.69) is 16.0 Å². The Hall–Kier alpha value is -3.84. The lowest BCUT2D eigenvalue weighted by Gasteiger charge is -2.14. The molecule has 3 aromatic rings. The van der Waals surface area contributed by atoms with Crippen LogP contribution in [0.25, 0.3) is 0 Å². The van der Waals surface area contributed by atoms with Crippen LogP contribution in [0.15, 0.2) is 78.9 Å². The third kappa shape index (κ3) is 7.32. The van der Waals surface area contributed by atoms with E-state index in [0.29, 0.717) is 23.6 Å². The van der Waals surface area contributed by atoms with Crippen LogP contribution < -0.4 is 20.7 Å². The molecule has 3 N–H and O–H groups in total. The first kappa shape index (κ1) is 24.3. The molecule has 0 aliphatic carbocycles. The SMILES string of the molecule is CC(NC(=O)c1ccc(NCC(=O)Nc2cccc(OCC3CCCO3)c2)cc1)c1ccccc1. The number of rotatable bonds is 10. The van der Waals surface area contributed by atoms with Gasteiger partial charge in [-0.25, -0.2) is 0 Å². The van der Waals surface area contributed by atoms with Gasteiger partial charge in [0.1, 0.15) is 12.4 Å². The molecule has 35 heavy (non-hydrogen) atoms. The van der Waals surface area contributed by atoms with Gasteiger partial charge < -0.3 is 25.4 Å². The molecule has 0 saturated carbocycles. The zero-order chi connectivity index (χ0) is 24.5. The molecule has 3 aromatic carbocycles. The van der Waals surface area contributed by atoms with Gasteiger partial charge >= 0.3 is 0 Å². The fraction of sp³-hybridized carbons (Fsp3) is 0.286. The molecule has 1 fully saturated rings. The molecule has 0 bridgehead atoms. The van der Waals surface area contributed by atoms with Gasteiger partial charge in [-0.3, -0.25) is 9.59 Å². The fourth-order valence-corrected chi connectivity index (χ4v) is 3.86. The lowest BCUT2D eigenvalue weighted by molar-refractivity contribution is -0.114. The number of nitrogens with one attached hydrogen (secondary N) is 3. The van der Waals surface area contributed by atoms with Gasteiger partial charge in [0.25, 0.3) is 5.91 Å². The molecule has 7 nitrogen and oxygen atoms in total. The van der Waals surface area contributed by atoms with Gasteiger partial charge in [-0.1, -0.05) is 36.4 Å². The number of carbonyl (C=O) groups excluding carboxylic acids is 2. The van der Waals surface area contributed by atoms with Crippen LogP contribution in [0, 0.1) is 0 Å². The number of ether oxygens (including phenoxy) is 2. The molecule has 2 atom stereocenters. The Morgan fingerprint density at radius 2 is 1.80 bits per heavy atom. The number of anilines is 2. The average molecular weight is 474 g/mol. The first-order valence-corrected chi connectivity index (χ1v) is 11.9. The highest BCUT2D eigenvalue weighted by atomic mass is 16.5. The Balaban J connectivity index is 1.22. The summed E-state index contributed by atoms with van der Waals surface area (Å²) in [6, 6.07) is 24.1. The molecule has 1 aliphatic rings. The minimum atomic E-state index is -0.181. The zero-order valence-corrected chi connectivity index (χ0v) is 19.8. The van der Waals surface area contributed by atoms with Crippen molar-refractivity contribution in [2.45, 2.75) is 31.9 Å². The normalized spacial score (nSPS) is 15.7. The summed E-state index contributed by atoms with van der Waals surface area (Å²) in [6.07, 6.45) is 2.23. The molecule has 1 saturated heterocycles. The lowest BCUT2D eigenvalue weighted by atomic mass is 10.1. The van der Waals surface area contributed by atoms with Gasteiger partial charge in [-0.2, -0.15) is 0 Å². The van der Waals surface area contributed by atoms with Crippen LogP contribution in [0.2, 0.25) is 0 Å². The van der Waals surface area contributed by atoms with Crippen molar-refractivity contribution in [2.24, 2.45) is 0 Å².